The van der Waals surface area contributed by atoms with Crippen LogP contribution in [0.4, 0.5) is 0 Å². The lowest BCUT2D eigenvalue weighted by Crippen LogP contribution is -2.20. The number of ether oxygens (including phenoxy) is 2. The minimum atomic E-state index is -0.366. The number of Topliss-reactive ketones (excluding diaryl/α,β-unsaturated/α-hetero) is 1. The molecule has 0 atom stereocenters. The molecule has 0 aromatic rings. The van der Waals surface area contributed by atoms with E-state index < -0.39 is 0 Å². The molecule has 0 bridgehead atoms. The zero-order valence-corrected chi connectivity index (χ0v) is 23.9. The van der Waals surface area contributed by atoms with E-state index in [1.54, 1.807) is 0 Å². The highest BCUT2D eigenvalue weighted by molar-refractivity contribution is 5.85. The Bertz CT molecular complexity index is 473. The van der Waals surface area contributed by atoms with Gasteiger partial charge in [0.2, 0.25) is 5.78 Å². The molecule has 0 aliphatic heterocycles. The predicted octanol–water partition coefficient (Wildman–Crippen LogP) is 9.04. The second kappa shape index (κ2) is 28.2. The molecule has 0 aromatic carbocycles. The molecule has 0 saturated heterocycles. The zero-order chi connectivity index (χ0) is 26.5. The summed E-state index contributed by atoms with van der Waals surface area (Å²) in [7, 11) is 0. The molecular weight excluding hydrogens is 452 g/mol. The van der Waals surface area contributed by atoms with Crippen molar-refractivity contribution in [3.63, 3.8) is 0 Å². The summed E-state index contributed by atoms with van der Waals surface area (Å²) in [6.07, 6.45) is 27.7. The third-order valence-corrected chi connectivity index (χ3v) is 6.76. The van der Waals surface area contributed by atoms with Crippen molar-refractivity contribution in [2.75, 3.05) is 13.2 Å². The highest BCUT2D eigenvalue weighted by atomic mass is 16.6. The number of rotatable bonds is 28. The SMILES string of the molecule is CCCCCCCCCCCCCC(=O)OCC(=O)COC(=O)CCCCCCCCCCCCC. The van der Waals surface area contributed by atoms with Crippen LogP contribution in [0.3, 0.4) is 0 Å². The van der Waals surface area contributed by atoms with Crippen molar-refractivity contribution in [1.82, 2.24) is 0 Å². The monoisotopic (exact) mass is 510 g/mol. The molecule has 212 valence electrons. The number of carbonyl (C=O) groups is 3. The lowest BCUT2D eigenvalue weighted by Gasteiger charge is -2.06. The Morgan fingerprint density at radius 1 is 0.389 bits per heavy atom. The van der Waals surface area contributed by atoms with Crippen molar-refractivity contribution in [1.29, 1.82) is 0 Å². The van der Waals surface area contributed by atoms with Crippen LogP contribution >= 0.6 is 0 Å². The van der Waals surface area contributed by atoms with E-state index in [0.29, 0.717) is 12.8 Å². The number of unbranched alkanes of at least 4 members (excludes halogenated alkanes) is 20. The maximum atomic E-state index is 11.8. The summed E-state index contributed by atoms with van der Waals surface area (Å²) in [6.45, 7) is 3.88. The Hall–Kier alpha value is -1.39. The topological polar surface area (TPSA) is 69.7 Å². The fourth-order valence-electron chi connectivity index (χ4n) is 4.38. The largest absolute Gasteiger partial charge is 0.458 e. The van der Waals surface area contributed by atoms with Gasteiger partial charge in [0, 0.05) is 12.8 Å². The van der Waals surface area contributed by atoms with E-state index in [2.05, 4.69) is 13.8 Å². The van der Waals surface area contributed by atoms with Crippen LogP contribution in [0.5, 0.6) is 0 Å². The summed E-state index contributed by atoms with van der Waals surface area (Å²) in [5, 5.41) is 0. The number of ketones is 1. The molecule has 0 unspecified atom stereocenters. The Morgan fingerprint density at radius 3 is 0.917 bits per heavy atom. The lowest BCUT2D eigenvalue weighted by molar-refractivity contribution is -0.153. The molecule has 0 heterocycles. The van der Waals surface area contributed by atoms with Crippen LogP contribution in [-0.4, -0.2) is 30.9 Å². The fraction of sp³-hybridized carbons (Fsp3) is 0.903. The first-order valence-electron chi connectivity index (χ1n) is 15.4. The van der Waals surface area contributed by atoms with Crippen molar-refractivity contribution < 1.29 is 23.9 Å². The molecule has 0 aliphatic carbocycles. The van der Waals surface area contributed by atoms with Crippen molar-refractivity contribution in [3.05, 3.63) is 0 Å². The summed E-state index contributed by atoms with van der Waals surface area (Å²) >= 11 is 0. The average Bonchev–Trinajstić information content (AvgIpc) is 2.88. The molecule has 0 amide bonds. The van der Waals surface area contributed by atoms with E-state index in [4.69, 9.17) is 9.47 Å². The van der Waals surface area contributed by atoms with Gasteiger partial charge in [0.25, 0.3) is 0 Å². The summed E-state index contributed by atoms with van der Waals surface area (Å²) < 4.78 is 10.0. The molecule has 0 saturated carbocycles. The van der Waals surface area contributed by atoms with Gasteiger partial charge in [0.15, 0.2) is 13.2 Å². The van der Waals surface area contributed by atoms with Crippen molar-refractivity contribution in [2.24, 2.45) is 0 Å². The second-order valence-corrected chi connectivity index (χ2v) is 10.4. The number of hydrogen-bond acceptors (Lipinski definition) is 5. The van der Waals surface area contributed by atoms with E-state index in [9.17, 15) is 14.4 Å². The van der Waals surface area contributed by atoms with Crippen molar-refractivity contribution in [3.8, 4) is 0 Å². The Labute approximate surface area is 222 Å². The molecule has 0 aromatic heterocycles. The van der Waals surface area contributed by atoms with Gasteiger partial charge in [-0.1, -0.05) is 142 Å². The maximum absolute atomic E-state index is 11.8. The van der Waals surface area contributed by atoms with Gasteiger partial charge in [0.05, 0.1) is 0 Å². The van der Waals surface area contributed by atoms with Gasteiger partial charge in [-0.2, -0.15) is 0 Å². The third kappa shape index (κ3) is 27.2. The van der Waals surface area contributed by atoms with Crippen LogP contribution in [0.2, 0.25) is 0 Å². The highest BCUT2D eigenvalue weighted by Crippen LogP contribution is 2.13. The van der Waals surface area contributed by atoms with Gasteiger partial charge >= 0.3 is 11.9 Å². The maximum Gasteiger partial charge on any atom is 0.306 e. The van der Waals surface area contributed by atoms with E-state index in [0.717, 1.165) is 38.5 Å². The van der Waals surface area contributed by atoms with Crippen LogP contribution in [-0.2, 0) is 23.9 Å². The van der Waals surface area contributed by atoms with E-state index in [1.807, 2.05) is 0 Å². The van der Waals surface area contributed by atoms with Crippen LogP contribution in [0.15, 0.2) is 0 Å². The molecule has 5 nitrogen and oxygen atoms in total. The second-order valence-electron chi connectivity index (χ2n) is 10.4. The summed E-state index contributed by atoms with van der Waals surface area (Å²) in [6, 6.07) is 0. The van der Waals surface area contributed by atoms with E-state index in [-0.39, 0.29) is 30.9 Å². The molecular formula is C31H58O5. The molecule has 0 fully saturated rings. The van der Waals surface area contributed by atoms with Gasteiger partial charge in [0.1, 0.15) is 0 Å². The standard InChI is InChI=1S/C31H58O5/c1-3-5-7-9-11-13-15-17-19-21-23-25-30(33)35-27-29(32)28-36-31(34)26-24-22-20-18-16-14-12-10-8-6-4-2/h3-28H2,1-2H3. The third-order valence-electron chi connectivity index (χ3n) is 6.76. The lowest BCUT2D eigenvalue weighted by atomic mass is 10.1. The first kappa shape index (κ1) is 34.6. The Morgan fingerprint density at radius 2 is 0.639 bits per heavy atom. The molecule has 5 heteroatoms. The van der Waals surface area contributed by atoms with Gasteiger partial charge in [-0.15, -0.1) is 0 Å². The average molecular weight is 511 g/mol. The van der Waals surface area contributed by atoms with E-state index >= 15 is 0 Å². The van der Waals surface area contributed by atoms with Gasteiger partial charge < -0.3 is 9.47 Å². The van der Waals surface area contributed by atoms with Crippen LogP contribution in [0.1, 0.15) is 168 Å². The van der Waals surface area contributed by atoms with Crippen molar-refractivity contribution >= 4 is 17.7 Å². The molecule has 0 radical (unpaired) electrons. The predicted molar refractivity (Wildman–Crippen MR) is 149 cm³/mol. The fourth-order valence-corrected chi connectivity index (χ4v) is 4.38. The number of carbonyl (C=O) groups excluding carboxylic acids is 3. The smallest absolute Gasteiger partial charge is 0.306 e. The first-order valence-corrected chi connectivity index (χ1v) is 15.4. The minimum absolute atomic E-state index is 0.303. The van der Waals surface area contributed by atoms with Crippen LogP contribution < -0.4 is 0 Å². The van der Waals surface area contributed by atoms with Crippen LogP contribution in [0, 0.1) is 0 Å². The molecule has 36 heavy (non-hydrogen) atoms. The van der Waals surface area contributed by atoms with Gasteiger partial charge in [-0.3, -0.25) is 14.4 Å². The molecule has 0 N–H and O–H groups in total. The van der Waals surface area contributed by atoms with Gasteiger partial charge in [-0.05, 0) is 12.8 Å². The van der Waals surface area contributed by atoms with E-state index in [1.165, 1.54) is 103 Å². The van der Waals surface area contributed by atoms with Gasteiger partial charge in [-0.25, -0.2) is 0 Å². The van der Waals surface area contributed by atoms with Crippen molar-refractivity contribution in [2.45, 2.75) is 168 Å². The van der Waals surface area contributed by atoms with Crippen LogP contribution in [0.25, 0.3) is 0 Å². The normalized spacial score (nSPS) is 10.9. The molecule has 0 spiro atoms. The number of esters is 2. The first-order chi connectivity index (χ1) is 17.6. The molecule has 0 aliphatic rings. The highest BCUT2D eigenvalue weighted by Gasteiger charge is 2.11. The molecule has 0 rings (SSSR count). The Balaban J connectivity index is 3.43. The zero-order valence-electron chi connectivity index (χ0n) is 23.9. The Kier molecular flexibility index (Phi) is 27.1. The summed E-state index contributed by atoms with van der Waals surface area (Å²) in [5.41, 5.74) is 0. The summed E-state index contributed by atoms with van der Waals surface area (Å²) in [5.74, 6) is -1.05. The number of hydrogen-bond donors (Lipinski definition) is 0. The quantitative estimate of drug-likeness (QED) is 0.0775. The minimum Gasteiger partial charge on any atom is -0.458 e. The summed E-state index contributed by atoms with van der Waals surface area (Å²) in [4.78, 5) is 35.4.